The number of carbonyl (C=O) groups is 4. The van der Waals surface area contributed by atoms with Crippen LogP contribution in [0.2, 0.25) is 0 Å². The molecule has 0 saturated heterocycles. The highest BCUT2D eigenvalue weighted by molar-refractivity contribution is 5.86. The molecule has 4 atom stereocenters. The van der Waals surface area contributed by atoms with Crippen molar-refractivity contribution in [2.45, 2.75) is 117 Å². The fourth-order valence-corrected chi connectivity index (χ4v) is 4.10. The summed E-state index contributed by atoms with van der Waals surface area (Å²) < 4.78 is 0. The van der Waals surface area contributed by atoms with Crippen LogP contribution in [0.25, 0.3) is 0 Å². The summed E-state index contributed by atoms with van der Waals surface area (Å²) in [6, 6.07) is -3.51. The molecule has 5 N–H and O–H groups in total. The summed E-state index contributed by atoms with van der Waals surface area (Å²) in [5.41, 5.74) is -0.0557. The zero-order valence-corrected chi connectivity index (χ0v) is 20.7. The van der Waals surface area contributed by atoms with Gasteiger partial charge in [-0.25, -0.2) is 14.4 Å². The first kappa shape index (κ1) is 30.7. The summed E-state index contributed by atoms with van der Waals surface area (Å²) in [6.07, 6.45) is 9.32. The van der Waals surface area contributed by atoms with Crippen LogP contribution in [0.4, 0.5) is 4.79 Å². The lowest BCUT2D eigenvalue weighted by Gasteiger charge is -2.38. The van der Waals surface area contributed by atoms with Gasteiger partial charge >= 0.3 is 23.9 Å². The number of carboxylic acid groups (broad SMARTS) is 3. The predicted molar refractivity (Wildman–Crippen MR) is 126 cm³/mol. The van der Waals surface area contributed by atoms with Crippen LogP contribution in [-0.2, 0) is 14.4 Å². The molecule has 192 valence electrons. The molecule has 2 amide bonds. The molecule has 0 aliphatic carbocycles. The van der Waals surface area contributed by atoms with Gasteiger partial charge in [0.15, 0.2) is 0 Å². The van der Waals surface area contributed by atoms with E-state index in [2.05, 4.69) is 31.4 Å². The monoisotopic (exact) mass is 472 g/mol. The Morgan fingerprint density at radius 3 is 1.76 bits per heavy atom. The number of aliphatic carboxylic acids is 3. The summed E-state index contributed by atoms with van der Waals surface area (Å²) in [4.78, 5) is 46.2. The Morgan fingerprint density at radius 2 is 1.27 bits per heavy atom. The minimum atomic E-state index is -1.41. The maximum atomic E-state index is 12.3. The molecule has 0 aliphatic rings. The molecule has 0 aliphatic heterocycles. The molecule has 0 aromatic rings. The first-order chi connectivity index (χ1) is 15.5. The van der Waals surface area contributed by atoms with Gasteiger partial charge in [0.2, 0.25) is 0 Å². The molecule has 0 spiro atoms. The van der Waals surface area contributed by atoms with Gasteiger partial charge in [-0.15, -0.1) is 0 Å². The number of hydrogen-bond acceptors (Lipinski definition) is 4. The van der Waals surface area contributed by atoms with Crippen molar-refractivity contribution in [3.63, 3.8) is 0 Å². The maximum Gasteiger partial charge on any atom is 0.326 e. The third kappa shape index (κ3) is 13.1. The molecule has 0 rings (SSSR count). The van der Waals surface area contributed by atoms with Crippen molar-refractivity contribution in [3.05, 3.63) is 0 Å². The second kappa shape index (κ2) is 16.3. The minimum absolute atomic E-state index is 0.0275. The zero-order chi connectivity index (χ0) is 25.4. The van der Waals surface area contributed by atoms with Crippen LogP contribution < -0.4 is 10.6 Å². The Kier molecular flexibility index (Phi) is 15.2. The molecule has 2 unspecified atom stereocenters. The third-order valence-electron chi connectivity index (χ3n) is 6.59. The van der Waals surface area contributed by atoms with Crippen LogP contribution in [0.5, 0.6) is 0 Å². The van der Waals surface area contributed by atoms with Gasteiger partial charge in [-0.05, 0) is 37.0 Å². The largest absolute Gasteiger partial charge is 0.481 e. The standard InChI is InChI=1S/C24H44N2O7/c1-5-7-9-11-15-24(4,14-10-8-6-2)17(3)16-19(22(31)32)26-23(33)25-18(21(29)30)12-13-20(27)28/h17-19H,5-16H2,1-4H3,(H,27,28)(H,29,30)(H,31,32)(H2,25,26,33)/t17?,18-,19-,24?/m0/s1. The lowest BCUT2D eigenvalue weighted by atomic mass is 9.68. The van der Waals surface area contributed by atoms with E-state index in [9.17, 15) is 29.4 Å². The Bertz CT molecular complexity index is 626. The quantitative estimate of drug-likeness (QED) is 0.172. The second-order valence-corrected chi connectivity index (χ2v) is 9.39. The third-order valence-corrected chi connectivity index (χ3v) is 6.59. The topological polar surface area (TPSA) is 153 Å². The van der Waals surface area contributed by atoms with Gasteiger partial charge in [0.05, 0.1) is 0 Å². The zero-order valence-electron chi connectivity index (χ0n) is 20.7. The van der Waals surface area contributed by atoms with Crippen molar-refractivity contribution in [3.8, 4) is 0 Å². The molecular weight excluding hydrogens is 428 g/mol. The number of carboxylic acids is 3. The molecule has 0 aromatic heterocycles. The van der Waals surface area contributed by atoms with E-state index in [0.717, 1.165) is 51.4 Å². The van der Waals surface area contributed by atoms with Crippen molar-refractivity contribution in [2.75, 3.05) is 0 Å². The average Bonchev–Trinajstić information content (AvgIpc) is 2.73. The van der Waals surface area contributed by atoms with Crippen molar-refractivity contribution in [1.29, 1.82) is 0 Å². The summed E-state index contributed by atoms with van der Waals surface area (Å²) >= 11 is 0. The van der Waals surface area contributed by atoms with Crippen molar-refractivity contribution in [1.82, 2.24) is 10.6 Å². The molecule has 0 aromatic carbocycles. The molecule has 33 heavy (non-hydrogen) atoms. The Labute approximate surface area is 197 Å². The van der Waals surface area contributed by atoms with E-state index in [-0.39, 0.29) is 24.2 Å². The van der Waals surface area contributed by atoms with E-state index in [0.29, 0.717) is 0 Å². The Hall–Kier alpha value is -2.32. The molecular formula is C24H44N2O7. The van der Waals surface area contributed by atoms with Gasteiger partial charge in [0.1, 0.15) is 12.1 Å². The number of amides is 2. The van der Waals surface area contributed by atoms with Crippen LogP contribution in [0.1, 0.15) is 105 Å². The first-order valence-corrected chi connectivity index (χ1v) is 12.2. The highest BCUT2D eigenvalue weighted by atomic mass is 16.4. The van der Waals surface area contributed by atoms with Gasteiger partial charge < -0.3 is 26.0 Å². The predicted octanol–water partition coefficient (Wildman–Crippen LogP) is 4.64. The number of nitrogens with one attached hydrogen (secondary N) is 2. The van der Waals surface area contributed by atoms with Crippen molar-refractivity contribution in [2.24, 2.45) is 11.3 Å². The second-order valence-electron chi connectivity index (χ2n) is 9.39. The number of unbranched alkanes of at least 4 members (excludes halogenated alkanes) is 5. The van der Waals surface area contributed by atoms with Crippen molar-refractivity contribution >= 4 is 23.9 Å². The summed E-state index contributed by atoms with van der Waals surface area (Å²) in [7, 11) is 0. The Balaban J connectivity index is 5.18. The van der Waals surface area contributed by atoms with Crippen LogP contribution in [0.3, 0.4) is 0 Å². The molecule has 0 saturated carbocycles. The normalized spacial score (nSPS) is 15.6. The SMILES string of the molecule is CCCCCCC(C)(CCCCC)C(C)C[C@H](NC(=O)N[C@@H](CCC(=O)O)C(=O)O)C(=O)O. The fourth-order valence-electron chi connectivity index (χ4n) is 4.10. The molecule has 0 bridgehead atoms. The molecule has 9 heteroatoms. The van der Waals surface area contributed by atoms with Gasteiger partial charge in [-0.1, -0.05) is 72.6 Å². The van der Waals surface area contributed by atoms with Crippen LogP contribution in [0, 0.1) is 11.3 Å². The van der Waals surface area contributed by atoms with E-state index in [1.807, 2.05) is 6.92 Å². The van der Waals surface area contributed by atoms with E-state index in [4.69, 9.17) is 5.11 Å². The fraction of sp³-hybridized carbons (Fsp3) is 0.833. The highest BCUT2D eigenvalue weighted by Gasteiger charge is 2.34. The molecule has 0 heterocycles. The molecule has 0 fully saturated rings. The van der Waals surface area contributed by atoms with E-state index >= 15 is 0 Å². The minimum Gasteiger partial charge on any atom is -0.481 e. The maximum absolute atomic E-state index is 12.3. The molecule has 0 radical (unpaired) electrons. The van der Waals surface area contributed by atoms with E-state index in [1.54, 1.807) is 0 Å². The molecule has 9 nitrogen and oxygen atoms in total. The number of hydrogen-bond donors (Lipinski definition) is 5. The van der Waals surface area contributed by atoms with Gasteiger partial charge in [0.25, 0.3) is 0 Å². The summed E-state index contributed by atoms with van der Waals surface area (Å²) in [5, 5.41) is 32.2. The summed E-state index contributed by atoms with van der Waals surface area (Å²) in [5.74, 6) is -3.71. The van der Waals surface area contributed by atoms with Crippen LogP contribution in [0.15, 0.2) is 0 Å². The lowest BCUT2D eigenvalue weighted by molar-refractivity contribution is -0.141. The van der Waals surface area contributed by atoms with E-state index < -0.39 is 42.4 Å². The van der Waals surface area contributed by atoms with Crippen LogP contribution in [-0.4, -0.2) is 51.3 Å². The smallest absolute Gasteiger partial charge is 0.326 e. The lowest BCUT2D eigenvalue weighted by Crippen LogP contribution is -2.52. The number of rotatable bonds is 19. The highest BCUT2D eigenvalue weighted by Crippen LogP contribution is 2.41. The number of carbonyl (C=O) groups excluding carboxylic acids is 1. The van der Waals surface area contributed by atoms with Gasteiger partial charge in [0, 0.05) is 6.42 Å². The summed E-state index contributed by atoms with van der Waals surface area (Å²) in [6.45, 7) is 8.53. The van der Waals surface area contributed by atoms with E-state index in [1.165, 1.54) is 6.42 Å². The van der Waals surface area contributed by atoms with Crippen molar-refractivity contribution < 1.29 is 34.5 Å². The number of urea groups is 1. The van der Waals surface area contributed by atoms with Gasteiger partial charge in [-0.3, -0.25) is 4.79 Å². The first-order valence-electron chi connectivity index (χ1n) is 12.2. The average molecular weight is 473 g/mol. The van der Waals surface area contributed by atoms with Crippen LogP contribution >= 0.6 is 0 Å². The Morgan fingerprint density at radius 1 is 0.788 bits per heavy atom. The van der Waals surface area contributed by atoms with Gasteiger partial charge in [-0.2, -0.15) is 0 Å².